The summed E-state index contributed by atoms with van der Waals surface area (Å²) in [5.74, 6) is 2.80. The van der Waals surface area contributed by atoms with Crippen molar-refractivity contribution >= 4 is 17.4 Å². The van der Waals surface area contributed by atoms with Crippen molar-refractivity contribution in [3.05, 3.63) is 30.1 Å². The first-order chi connectivity index (χ1) is 12.3. The van der Waals surface area contributed by atoms with E-state index >= 15 is 0 Å². The highest BCUT2D eigenvalue weighted by Crippen LogP contribution is 2.38. The Kier molecular flexibility index (Phi) is 3.15. The second kappa shape index (κ2) is 5.50. The zero-order chi connectivity index (χ0) is 16.8. The van der Waals surface area contributed by atoms with Crippen molar-refractivity contribution < 1.29 is 4.79 Å². The van der Waals surface area contributed by atoms with Gasteiger partial charge in [0.2, 0.25) is 5.82 Å². The number of aromatic nitrogens is 7. The van der Waals surface area contributed by atoms with Gasteiger partial charge >= 0.3 is 0 Å². The predicted molar refractivity (Wildman–Crippen MR) is 87.2 cm³/mol. The predicted octanol–water partition coefficient (Wildman–Crippen LogP) is -0.0140. The Morgan fingerprint density at radius 1 is 1.28 bits per heavy atom. The van der Waals surface area contributed by atoms with E-state index in [2.05, 4.69) is 35.6 Å². The Labute approximate surface area is 142 Å². The van der Waals surface area contributed by atoms with Crippen molar-refractivity contribution in [3.63, 3.8) is 0 Å². The van der Waals surface area contributed by atoms with Gasteiger partial charge in [-0.15, -0.1) is 15.3 Å². The fourth-order valence-corrected chi connectivity index (χ4v) is 3.08. The molecule has 1 aliphatic carbocycles. The van der Waals surface area contributed by atoms with Crippen LogP contribution in [0.1, 0.15) is 35.2 Å². The number of carbonyl (C=O) groups excluding carboxylic acids is 1. The maximum Gasteiger partial charge on any atom is 0.288 e. The van der Waals surface area contributed by atoms with Crippen LogP contribution in [-0.4, -0.2) is 60.5 Å². The van der Waals surface area contributed by atoms with Crippen LogP contribution in [0.15, 0.2) is 18.5 Å². The molecule has 128 valence electrons. The highest BCUT2D eigenvalue weighted by Gasteiger charge is 2.31. The van der Waals surface area contributed by atoms with Gasteiger partial charge in [-0.25, -0.2) is 4.98 Å². The maximum atomic E-state index is 11.8. The summed E-state index contributed by atoms with van der Waals surface area (Å²) in [6.07, 6.45) is 3.66. The molecule has 0 radical (unpaired) electrons. The molecule has 3 aromatic heterocycles. The van der Waals surface area contributed by atoms with E-state index in [1.807, 2.05) is 16.6 Å². The molecule has 1 saturated carbocycles. The van der Waals surface area contributed by atoms with Crippen LogP contribution >= 0.6 is 0 Å². The lowest BCUT2D eigenvalue weighted by atomic mass is 10.0. The maximum absolute atomic E-state index is 11.8. The number of aromatic amines is 1. The highest BCUT2D eigenvalue weighted by atomic mass is 16.2. The lowest BCUT2D eigenvalue weighted by molar-refractivity contribution is 0.0934. The molecule has 10 nitrogen and oxygen atoms in total. The summed E-state index contributed by atoms with van der Waals surface area (Å²) in [7, 11) is 0. The van der Waals surface area contributed by atoms with Crippen molar-refractivity contribution in [2.75, 3.05) is 24.5 Å². The van der Waals surface area contributed by atoms with E-state index in [4.69, 9.17) is 5.10 Å². The Bertz CT molecular complexity index is 908. The zero-order valence-electron chi connectivity index (χ0n) is 13.5. The van der Waals surface area contributed by atoms with E-state index in [0.29, 0.717) is 18.4 Å². The average molecular weight is 339 g/mol. The van der Waals surface area contributed by atoms with Crippen LogP contribution < -0.4 is 10.2 Å². The lowest BCUT2D eigenvalue weighted by Crippen LogP contribution is -2.52. The number of fused-ring (bicyclic) bond motifs is 1. The molecule has 2 fully saturated rings. The van der Waals surface area contributed by atoms with Crippen LogP contribution in [0.2, 0.25) is 0 Å². The van der Waals surface area contributed by atoms with Gasteiger partial charge < -0.3 is 10.2 Å². The molecule has 2 aliphatic rings. The van der Waals surface area contributed by atoms with Gasteiger partial charge in [-0.2, -0.15) is 9.61 Å². The molecule has 5 rings (SSSR count). The Morgan fingerprint density at radius 2 is 2.16 bits per heavy atom. The minimum atomic E-state index is -0.228. The van der Waals surface area contributed by atoms with E-state index in [1.165, 1.54) is 19.2 Å². The third-order valence-electron chi connectivity index (χ3n) is 4.68. The van der Waals surface area contributed by atoms with Crippen molar-refractivity contribution in [2.45, 2.75) is 18.8 Å². The van der Waals surface area contributed by atoms with E-state index in [0.717, 1.165) is 30.4 Å². The molecule has 0 bridgehead atoms. The number of nitrogens with one attached hydrogen (secondary N) is 2. The number of hydrogen-bond acceptors (Lipinski definition) is 7. The monoisotopic (exact) mass is 339 g/mol. The van der Waals surface area contributed by atoms with E-state index in [9.17, 15) is 4.79 Å². The van der Waals surface area contributed by atoms with Crippen LogP contribution in [0.4, 0.5) is 5.82 Å². The molecular formula is C15H17N9O. The van der Waals surface area contributed by atoms with Gasteiger partial charge in [0.25, 0.3) is 5.91 Å². The standard InChI is InChI=1S/C15H17N9O/c25-15(13-17-8-18-20-13)16-5-9-6-23(7-9)12-4-3-11-19-21-14(10-1-2-10)24(11)22-12/h3-4,8-10H,1-2,5-7H2,(H,16,25)(H,17,18,20). The molecule has 1 saturated heterocycles. The van der Waals surface area contributed by atoms with Gasteiger partial charge in [0, 0.05) is 31.5 Å². The second-order valence-corrected chi connectivity index (χ2v) is 6.61. The summed E-state index contributed by atoms with van der Waals surface area (Å²) >= 11 is 0. The first-order valence-corrected chi connectivity index (χ1v) is 8.39. The summed E-state index contributed by atoms with van der Waals surface area (Å²) in [6, 6.07) is 3.93. The Morgan fingerprint density at radius 3 is 2.92 bits per heavy atom. The van der Waals surface area contributed by atoms with Gasteiger partial charge in [-0.3, -0.25) is 9.89 Å². The molecular weight excluding hydrogens is 322 g/mol. The van der Waals surface area contributed by atoms with Crippen molar-refractivity contribution in [1.29, 1.82) is 0 Å². The van der Waals surface area contributed by atoms with Gasteiger partial charge in [-0.05, 0) is 25.0 Å². The molecule has 10 heteroatoms. The third kappa shape index (κ3) is 2.59. The van der Waals surface area contributed by atoms with E-state index < -0.39 is 0 Å². The zero-order valence-corrected chi connectivity index (χ0v) is 13.5. The van der Waals surface area contributed by atoms with E-state index in [1.54, 1.807) is 0 Å². The number of anilines is 1. The molecule has 25 heavy (non-hydrogen) atoms. The quantitative estimate of drug-likeness (QED) is 0.671. The molecule has 0 unspecified atom stereocenters. The fourth-order valence-electron chi connectivity index (χ4n) is 3.08. The minimum Gasteiger partial charge on any atom is -0.354 e. The lowest BCUT2D eigenvalue weighted by Gasteiger charge is -2.40. The summed E-state index contributed by atoms with van der Waals surface area (Å²) in [5, 5.41) is 22.2. The summed E-state index contributed by atoms with van der Waals surface area (Å²) in [5.41, 5.74) is 0.794. The Hall–Kier alpha value is -3.04. The minimum absolute atomic E-state index is 0.228. The third-order valence-corrected chi connectivity index (χ3v) is 4.68. The summed E-state index contributed by atoms with van der Waals surface area (Å²) in [6.45, 7) is 2.32. The Balaban J connectivity index is 1.21. The van der Waals surface area contributed by atoms with Crippen LogP contribution in [0.3, 0.4) is 0 Å². The molecule has 0 atom stereocenters. The highest BCUT2D eigenvalue weighted by molar-refractivity contribution is 5.90. The van der Waals surface area contributed by atoms with Crippen molar-refractivity contribution in [2.24, 2.45) is 5.92 Å². The van der Waals surface area contributed by atoms with Crippen LogP contribution in [0.5, 0.6) is 0 Å². The summed E-state index contributed by atoms with van der Waals surface area (Å²) in [4.78, 5) is 17.9. The SMILES string of the molecule is O=C(NCC1CN(c2ccc3nnc(C4CC4)n3n2)C1)c1ncn[nH]1. The average Bonchev–Trinajstić information content (AvgIpc) is 3.11. The number of nitrogens with zero attached hydrogens (tertiary/aromatic N) is 7. The molecule has 0 aromatic carbocycles. The topological polar surface area (TPSA) is 117 Å². The number of carbonyl (C=O) groups is 1. The van der Waals surface area contributed by atoms with Gasteiger partial charge in [0.15, 0.2) is 11.5 Å². The largest absolute Gasteiger partial charge is 0.354 e. The smallest absolute Gasteiger partial charge is 0.288 e. The summed E-state index contributed by atoms with van der Waals surface area (Å²) < 4.78 is 1.87. The van der Waals surface area contributed by atoms with E-state index in [-0.39, 0.29) is 11.7 Å². The van der Waals surface area contributed by atoms with Crippen LogP contribution in [-0.2, 0) is 0 Å². The first kappa shape index (κ1) is 14.3. The van der Waals surface area contributed by atoms with Crippen LogP contribution in [0, 0.1) is 5.92 Å². The molecule has 1 aliphatic heterocycles. The number of amides is 1. The fraction of sp³-hybridized carbons (Fsp3) is 0.467. The normalized spacial score (nSPS) is 17.7. The van der Waals surface area contributed by atoms with Gasteiger partial charge in [-0.1, -0.05) is 0 Å². The number of rotatable bonds is 5. The molecule has 2 N–H and O–H groups in total. The van der Waals surface area contributed by atoms with Gasteiger partial charge in [0.1, 0.15) is 12.1 Å². The van der Waals surface area contributed by atoms with Gasteiger partial charge in [0.05, 0.1) is 0 Å². The molecule has 3 aromatic rings. The van der Waals surface area contributed by atoms with Crippen LogP contribution in [0.25, 0.3) is 5.65 Å². The number of hydrogen-bond donors (Lipinski definition) is 2. The van der Waals surface area contributed by atoms with Crippen molar-refractivity contribution in [1.82, 2.24) is 40.3 Å². The second-order valence-electron chi connectivity index (χ2n) is 6.61. The van der Waals surface area contributed by atoms with Crippen molar-refractivity contribution in [3.8, 4) is 0 Å². The molecule has 1 amide bonds. The number of H-pyrrole nitrogens is 1. The molecule has 0 spiro atoms. The molecule has 4 heterocycles. The first-order valence-electron chi connectivity index (χ1n) is 8.39.